The lowest BCUT2D eigenvalue weighted by atomic mass is 10.1. The van der Waals surface area contributed by atoms with Crippen LogP contribution in [0.25, 0.3) is 21.6 Å². The molecule has 8 nitrogen and oxygen atoms in total. The van der Waals surface area contributed by atoms with Crippen LogP contribution in [0.1, 0.15) is 16.1 Å². The molecule has 5 N–H and O–H groups in total. The van der Waals surface area contributed by atoms with Crippen molar-refractivity contribution in [2.75, 3.05) is 17.6 Å². The number of hydrogen-bond acceptors (Lipinski definition) is 7. The van der Waals surface area contributed by atoms with Gasteiger partial charge in [-0.3, -0.25) is 4.79 Å². The SMILES string of the molecule is Nc1nccc(-c2[nH]c3c(c2Nc2cccc4scnc24)C(=O)NCC3)n1. The number of thiazole rings is 1. The first-order valence-corrected chi connectivity index (χ1v) is 9.30. The molecule has 5 rings (SSSR count). The Balaban J connectivity index is 1.71. The van der Waals surface area contributed by atoms with Gasteiger partial charge in [0.1, 0.15) is 5.52 Å². The number of rotatable bonds is 3. The van der Waals surface area contributed by atoms with Crippen LogP contribution in [0.3, 0.4) is 0 Å². The Morgan fingerprint density at radius 1 is 1.22 bits per heavy atom. The van der Waals surface area contributed by atoms with E-state index in [1.807, 2.05) is 18.2 Å². The number of H-pyrrole nitrogens is 1. The van der Waals surface area contributed by atoms with Crippen molar-refractivity contribution in [2.45, 2.75) is 6.42 Å². The average Bonchev–Trinajstić information content (AvgIpc) is 3.28. The van der Waals surface area contributed by atoms with Crippen molar-refractivity contribution in [3.8, 4) is 11.4 Å². The zero-order chi connectivity index (χ0) is 18.4. The second kappa shape index (κ2) is 6.06. The summed E-state index contributed by atoms with van der Waals surface area (Å²) >= 11 is 1.57. The van der Waals surface area contributed by atoms with Crippen LogP contribution in [0.5, 0.6) is 0 Å². The van der Waals surface area contributed by atoms with Gasteiger partial charge in [0.15, 0.2) is 0 Å². The summed E-state index contributed by atoms with van der Waals surface area (Å²) in [5.74, 6) is 0.0609. The quantitative estimate of drug-likeness (QED) is 0.435. The van der Waals surface area contributed by atoms with Crippen LogP contribution in [-0.4, -0.2) is 32.4 Å². The van der Waals surface area contributed by atoms with Crippen LogP contribution in [0.4, 0.5) is 17.3 Å². The molecule has 3 aromatic heterocycles. The van der Waals surface area contributed by atoms with Gasteiger partial charge in [-0.15, -0.1) is 11.3 Å². The second-order valence-corrected chi connectivity index (χ2v) is 7.05. The van der Waals surface area contributed by atoms with Gasteiger partial charge in [-0.1, -0.05) is 6.07 Å². The Kier molecular flexibility index (Phi) is 3.54. The smallest absolute Gasteiger partial charge is 0.255 e. The minimum Gasteiger partial charge on any atom is -0.368 e. The Morgan fingerprint density at radius 3 is 3.04 bits per heavy atom. The zero-order valence-electron chi connectivity index (χ0n) is 14.1. The number of para-hydroxylation sites is 1. The van der Waals surface area contributed by atoms with Gasteiger partial charge in [-0.25, -0.2) is 15.0 Å². The van der Waals surface area contributed by atoms with Crippen LogP contribution in [0.2, 0.25) is 0 Å². The molecule has 0 radical (unpaired) electrons. The Bertz CT molecular complexity index is 1180. The highest BCUT2D eigenvalue weighted by Gasteiger charge is 2.27. The normalized spacial score (nSPS) is 13.4. The molecule has 27 heavy (non-hydrogen) atoms. The van der Waals surface area contributed by atoms with Crippen LogP contribution >= 0.6 is 11.3 Å². The molecule has 1 aliphatic rings. The third-order valence-corrected chi connectivity index (χ3v) is 5.31. The van der Waals surface area contributed by atoms with Crippen molar-refractivity contribution >= 4 is 44.8 Å². The molecule has 4 aromatic rings. The van der Waals surface area contributed by atoms with Gasteiger partial charge in [-0.2, -0.15) is 0 Å². The van der Waals surface area contributed by atoms with Crippen molar-refractivity contribution in [3.05, 3.63) is 47.2 Å². The number of carbonyl (C=O) groups excluding carboxylic acids is 1. The Labute approximate surface area is 157 Å². The summed E-state index contributed by atoms with van der Waals surface area (Å²) < 4.78 is 1.07. The zero-order valence-corrected chi connectivity index (χ0v) is 14.9. The fraction of sp³-hybridized carbons (Fsp3) is 0.111. The summed E-state index contributed by atoms with van der Waals surface area (Å²) in [6.45, 7) is 0.596. The van der Waals surface area contributed by atoms with Gasteiger partial charge in [0.25, 0.3) is 5.91 Å². The minimum absolute atomic E-state index is 0.117. The van der Waals surface area contributed by atoms with Gasteiger partial charge in [-0.05, 0) is 18.2 Å². The van der Waals surface area contributed by atoms with Crippen LogP contribution in [0.15, 0.2) is 36.0 Å². The number of nitrogen functional groups attached to an aromatic ring is 1. The predicted octanol–water partition coefficient (Wildman–Crippen LogP) is 2.69. The van der Waals surface area contributed by atoms with E-state index in [1.165, 1.54) is 0 Å². The summed E-state index contributed by atoms with van der Waals surface area (Å²) in [7, 11) is 0. The third-order valence-electron chi connectivity index (χ3n) is 4.52. The van der Waals surface area contributed by atoms with E-state index in [1.54, 1.807) is 29.1 Å². The molecule has 0 unspecified atom stereocenters. The van der Waals surface area contributed by atoms with Gasteiger partial charge in [0, 0.05) is 24.9 Å². The molecular formula is C18H15N7OS. The number of benzene rings is 1. The largest absolute Gasteiger partial charge is 0.368 e. The van der Waals surface area contributed by atoms with E-state index in [0.29, 0.717) is 29.2 Å². The highest BCUT2D eigenvalue weighted by Crippen LogP contribution is 2.37. The van der Waals surface area contributed by atoms with E-state index >= 15 is 0 Å². The number of nitrogens with zero attached hydrogens (tertiary/aromatic N) is 3. The van der Waals surface area contributed by atoms with Crippen LogP contribution in [-0.2, 0) is 6.42 Å². The average molecular weight is 377 g/mol. The number of amides is 1. The van der Waals surface area contributed by atoms with Crippen molar-refractivity contribution < 1.29 is 4.79 Å². The summed E-state index contributed by atoms with van der Waals surface area (Å²) in [4.78, 5) is 28.6. The first kappa shape index (κ1) is 15.8. The van der Waals surface area contributed by atoms with Gasteiger partial charge in [0.05, 0.1) is 38.5 Å². The molecule has 134 valence electrons. The maximum absolute atomic E-state index is 12.6. The number of hydrogen-bond donors (Lipinski definition) is 4. The van der Waals surface area contributed by atoms with E-state index in [0.717, 1.165) is 28.0 Å². The first-order valence-electron chi connectivity index (χ1n) is 8.42. The molecule has 0 atom stereocenters. The summed E-state index contributed by atoms with van der Waals surface area (Å²) in [5.41, 5.74) is 12.7. The van der Waals surface area contributed by atoms with Gasteiger partial charge in [0.2, 0.25) is 5.95 Å². The number of nitrogens with two attached hydrogens (primary N) is 1. The molecule has 0 bridgehead atoms. The monoisotopic (exact) mass is 377 g/mol. The minimum atomic E-state index is -0.117. The highest BCUT2D eigenvalue weighted by atomic mass is 32.1. The number of carbonyl (C=O) groups is 1. The number of anilines is 3. The lowest BCUT2D eigenvalue weighted by Crippen LogP contribution is -2.31. The van der Waals surface area contributed by atoms with Crippen molar-refractivity contribution in [3.63, 3.8) is 0 Å². The number of fused-ring (bicyclic) bond motifs is 2. The van der Waals surface area contributed by atoms with Crippen molar-refractivity contribution in [2.24, 2.45) is 0 Å². The van der Waals surface area contributed by atoms with E-state index in [-0.39, 0.29) is 11.9 Å². The first-order chi connectivity index (χ1) is 13.2. The summed E-state index contributed by atoms with van der Waals surface area (Å²) in [6, 6.07) is 7.69. The maximum atomic E-state index is 12.6. The molecule has 0 saturated heterocycles. The molecule has 1 amide bonds. The number of aromatic nitrogens is 4. The third kappa shape index (κ3) is 2.59. The molecule has 1 aromatic carbocycles. The molecule has 0 fully saturated rings. The lowest BCUT2D eigenvalue weighted by molar-refractivity contribution is 0.0947. The van der Waals surface area contributed by atoms with E-state index in [4.69, 9.17) is 5.73 Å². The maximum Gasteiger partial charge on any atom is 0.255 e. The highest BCUT2D eigenvalue weighted by molar-refractivity contribution is 7.16. The van der Waals surface area contributed by atoms with Gasteiger partial charge >= 0.3 is 0 Å². The van der Waals surface area contributed by atoms with Crippen LogP contribution < -0.4 is 16.4 Å². The summed E-state index contributed by atoms with van der Waals surface area (Å²) in [5, 5.41) is 6.31. The molecule has 0 spiro atoms. The number of nitrogens with one attached hydrogen (secondary N) is 3. The predicted molar refractivity (Wildman–Crippen MR) is 105 cm³/mol. The fourth-order valence-corrected chi connectivity index (χ4v) is 4.03. The second-order valence-electron chi connectivity index (χ2n) is 6.16. The van der Waals surface area contributed by atoms with Crippen molar-refractivity contribution in [1.29, 1.82) is 0 Å². The standard InChI is InChI=1S/C18H15N7OS/c19-18-21-7-5-11(25-18)15-16(13-9(23-15)4-6-20-17(13)26)24-10-2-1-3-12-14(10)22-8-27-12/h1-3,5,7-8,23-24H,4,6H2,(H,20,26)(H2,19,21,25). The number of aromatic amines is 1. The molecule has 0 saturated carbocycles. The molecule has 4 heterocycles. The fourth-order valence-electron chi connectivity index (χ4n) is 3.33. The van der Waals surface area contributed by atoms with E-state index < -0.39 is 0 Å². The Hall–Kier alpha value is -3.46. The van der Waals surface area contributed by atoms with E-state index in [9.17, 15) is 4.79 Å². The summed E-state index contributed by atoms with van der Waals surface area (Å²) in [6.07, 6.45) is 2.32. The lowest BCUT2D eigenvalue weighted by Gasteiger charge is -2.15. The molecular weight excluding hydrogens is 362 g/mol. The van der Waals surface area contributed by atoms with E-state index in [2.05, 4.69) is 30.6 Å². The molecule has 9 heteroatoms. The van der Waals surface area contributed by atoms with Crippen molar-refractivity contribution in [1.82, 2.24) is 25.3 Å². The molecule has 0 aliphatic carbocycles. The van der Waals surface area contributed by atoms with Gasteiger partial charge < -0.3 is 21.4 Å². The molecule has 1 aliphatic heterocycles. The Morgan fingerprint density at radius 2 is 2.15 bits per heavy atom. The van der Waals surface area contributed by atoms with Crippen LogP contribution in [0, 0.1) is 0 Å². The topological polar surface area (TPSA) is 122 Å².